The molecule has 0 bridgehead atoms. The van der Waals surface area contributed by atoms with Crippen molar-refractivity contribution in [3.05, 3.63) is 16.9 Å². The first-order chi connectivity index (χ1) is 11.8. The highest BCUT2D eigenvalue weighted by Gasteiger charge is 2.50. The number of carbonyl (C=O) groups is 1. The number of rotatable bonds is 2. The average molecular weight is 414 g/mol. The molecule has 1 amide bonds. The quantitative estimate of drug-likeness (QED) is 0.753. The van der Waals surface area contributed by atoms with Crippen LogP contribution in [0, 0.1) is 0 Å². The molecular weight excluding hydrogens is 384 g/mol. The highest BCUT2D eigenvalue weighted by atomic mass is 79.9. The molecule has 1 atom stereocenters. The number of likely N-dealkylation sites (tertiary alicyclic amines) is 1. The van der Waals surface area contributed by atoms with Crippen LogP contribution in [0.4, 0.5) is 4.79 Å². The van der Waals surface area contributed by atoms with Crippen LogP contribution in [0.3, 0.4) is 0 Å². The summed E-state index contributed by atoms with van der Waals surface area (Å²) >= 11 is 3.47. The lowest BCUT2D eigenvalue weighted by molar-refractivity contribution is -0.889. The van der Waals surface area contributed by atoms with E-state index in [2.05, 4.69) is 26.3 Å². The minimum Gasteiger partial charge on any atom is -0.414 e. The Morgan fingerprint density at radius 3 is 2.60 bits per heavy atom. The predicted octanol–water partition coefficient (Wildman–Crippen LogP) is 3.48. The lowest BCUT2D eigenvalue weighted by atomic mass is 9.96. The van der Waals surface area contributed by atoms with Gasteiger partial charge >= 0.3 is 6.09 Å². The van der Waals surface area contributed by atoms with Gasteiger partial charge in [-0.1, -0.05) is 0 Å². The Bertz CT molecular complexity index is 596. The number of hydrogen-bond donors (Lipinski definition) is 1. The summed E-state index contributed by atoms with van der Waals surface area (Å²) in [6.07, 6.45) is 7.91. The second-order valence-corrected chi connectivity index (χ2v) is 9.25. The Morgan fingerprint density at radius 2 is 2.08 bits per heavy atom. The summed E-state index contributed by atoms with van der Waals surface area (Å²) in [5, 5.41) is 7.91. The zero-order valence-electron chi connectivity index (χ0n) is 15.5. The van der Waals surface area contributed by atoms with Gasteiger partial charge in [-0.15, -0.1) is 0 Å². The maximum absolute atomic E-state index is 13.2. The minimum atomic E-state index is -0.450. The van der Waals surface area contributed by atoms with Crippen LogP contribution < -0.4 is 5.32 Å². The van der Waals surface area contributed by atoms with E-state index in [9.17, 15) is 4.79 Å². The van der Waals surface area contributed by atoms with Gasteiger partial charge in [0.05, 0.1) is 29.8 Å². The molecule has 2 aliphatic heterocycles. The first-order valence-corrected chi connectivity index (χ1v) is 10.1. The fourth-order valence-electron chi connectivity index (χ4n) is 4.10. The molecule has 3 rings (SSSR count). The molecule has 140 valence electrons. The van der Waals surface area contributed by atoms with Gasteiger partial charge in [-0.3, -0.25) is 4.68 Å². The summed E-state index contributed by atoms with van der Waals surface area (Å²) in [5.41, 5.74) is -0.450. The maximum atomic E-state index is 13.2. The van der Waals surface area contributed by atoms with Crippen LogP contribution in [0.1, 0.15) is 52.5 Å². The summed E-state index contributed by atoms with van der Waals surface area (Å²) in [6, 6.07) is 0.672. The Labute approximate surface area is 158 Å². The first kappa shape index (κ1) is 18.9. The van der Waals surface area contributed by atoms with Crippen LogP contribution >= 0.6 is 15.9 Å². The topological polar surface area (TPSA) is 56.1 Å². The molecule has 1 aromatic heterocycles. The van der Waals surface area contributed by atoms with Crippen LogP contribution in [0.5, 0.6) is 0 Å². The van der Waals surface area contributed by atoms with E-state index in [1.165, 1.54) is 0 Å². The fourth-order valence-corrected chi connectivity index (χ4v) is 4.40. The maximum Gasteiger partial charge on any atom is 0.516 e. The average Bonchev–Trinajstić information content (AvgIpc) is 3.00. The number of amides is 1. The SMILES string of the molecule is CC(C)(C)OC(=O)[N+]1(C2CCCNC2)CCC(n2cc(Br)cn2)CC1. The van der Waals surface area contributed by atoms with Crippen molar-refractivity contribution >= 4 is 22.0 Å². The van der Waals surface area contributed by atoms with Crippen molar-refractivity contribution in [1.82, 2.24) is 15.1 Å². The summed E-state index contributed by atoms with van der Waals surface area (Å²) in [5.74, 6) is 0. The van der Waals surface area contributed by atoms with Gasteiger partial charge in [-0.25, -0.2) is 4.48 Å². The molecule has 0 aliphatic carbocycles. The Hall–Kier alpha value is -0.920. The molecular formula is C18H30BrN4O2+. The van der Waals surface area contributed by atoms with Gasteiger partial charge in [-0.2, -0.15) is 9.89 Å². The van der Waals surface area contributed by atoms with E-state index in [0.29, 0.717) is 16.6 Å². The normalized spacial score (nSPS) is 30.9. The standard InChI is InChI=1S/C18H30BrN4O2/c1-18(2,3)25-17(24)23(16-5-4-8-20-12-16)9-6-15(7-10-23)22-13-14(19)11-21-22/h11,13,15-16,20H,4-10,12H2,1-3H3/q+1. The highest BCUT2D eigenvalue weighted by molar-refractivity contribution is 9.10. The van der Waals surface area contributed by atoms with Crippen LogP contribution in [0.15, 0.2) is 16.9 Å². The number of nitrogens with zero attached hydrogens (tertiary/aromatic N) is 3. The third-order valence-electron chi connectivity index (χ3n) is 5.39. The van der Waals surface area contributed by atoms with Crippen LogP contribution in [-0.4, -0.2) is 58.2 Å². The third kappa shape index (κ3) is 4.26. The molecule has 2 aliphatic rings. The van der Waals surface area contributed by atoms with Crippen molar-refractivity contribution in [3.8, 4) is 0 Å². The van der Waals surface area contributed by atoms with E-state index in [4.69, 9.17) is 4.74 Å². The van der Waals surface area contributed by atoms with Gasteiger partial charge in [0.15, 0.2) is 0 Å². The van der Waals surface area contributed by atoms with E-state index in [-0.39, 0.29) is 6.09 Å². The van der Waals surface area contributed by atoms with Crippen LogP contribution in [-0.2, 0) is 4.74 Å². The number of aromatic nitrogens is 2. The molecule has 6 nitrogen and oxygen atoms in total. The number of carbonyl (C=O) groups excluding carboxylic acids is 1. The lowest BCUT2D eigenvalue weighted by Gasteiger charge is -2.47. The molecule has 1 aromatic rings. The molecule has 0 aromatic carbocycles. The number of piperidine rings is 2. The number of hydrogen-bond acceptors (Lipinski definition) is 4. The molecule has 7 heteroatoms. The van der Waals surface area contributed by atoms with Crippen molar-refractivity contribution in [2.24, 2.45) is 0 Å². The van der Waals surface area contributed by atoms with Crippen molar-refractivity contribution < 1.29 is 14.0 Å². The van der Waals surface area contributed by atoms with Gasteiger partial charge in [0.2, 0.25) is 0 Å². The monoisotopic (exact) mass is 413 g/mol. The zero-order chi connectivity index (χ0) is 18.1. The van der Waals surface area contributed by atoms with E-state index in [1.54, 1.807) is 0 Å². The van der Waals surface area contributed by atoms with Gasteiger partial charge < -0.3 is 10.1 Å². The number of halogens is 1. The van der Waals surface area contributed by atoms with Gasteiger partial charge in [-0.05, 0) is 49.7 Å². The zero-order valence-corrected chi connectivity index (χ0v) is 17.1. The number of quaternary nitrogens is 1. The molecule has 1 N–H and O–H groups in total. The molecule has 25 heavy (non-hydrogen) atoms. The van der Waals surface area contributed by atoms with Crippen molar-refractivity contribution in [2.75, 3.05) is 26.2 Å². The Kier molecular flexibility index (Phi) is 5.56. The van der Waals surface area contributed by atoms with Gasteiger partial charge in [0, 0.05) is 32.0 Å². The van der Waals surface area contributed by atoms with E-state index >= 15 is 0 Å². The van der Waals surface area contributed by atoms with Crippen molar-refractivity contribution in [3.63, 3.8) is 0 Å². The van der Waals surface area contributed by atoms with Crippen molar-refractivity contribution in [1.29, 1.82) is 0 Å². The van der Waals surface area contributed by atoms with Gasteiger partial charge in [0.1, 0.15) is 11.6 Å². The second kappa shape index (κ2) is 7.37. The molecule has 2 saturated heterocycles. The summed E-state index contributed by atoms with van der Waals surface area (Å²) in [4.78, 5) is 13.2. The minimum absolute atomic E-state index is 0.0544. The molecule has 0 radical (unpaired) electrons. The molecule has 0 spiro atoms. The Balaban J connectivity index is 1.77. The summed E-state index contributed by atoms with van der Waals surface area (Å²) < 4.78 is 9.35. The second-order valence-electron chi connectivity index (χ2n) is 8.33. The lowest BCUT2D eigenvalue weighted by Crippen LogP contribution is -2.66. The summed E-state index contributed by atoms with van der Waals surface area (Å²) in [7, 11) is 0. The largest absolute Gasteiger partial charge is 0.516 e. The first-order valence-electron chi connectivity index (χ1n) is 9.31. The summed E-state index contributed by atoms with van der Waals surface area (Å²) in [6.45, 7) is 9.45. The number of ether oxygens (including phenoxy) is 1. The molecule has 1 unspecified atom stereocenters. The van der Waals surface area contributed by atoms with E-state index in [1.807, 2.05) is 37.8 Å². The fraction of sp³-hybridized carbons (Fsp3) is 0.778. The van der Waals surface area contributed by atoms with E-state index < -0.39 is 5.60 Å². The molecule has 0 saturated carbocycles. The Morgan fingerprint density at radius 1 is 1.36 bits per heavy atom. The highest BCUT2D eigenvalue weighted by Crippen LogP contribution is 2.34. The van der Waals surface area contributed by atoms with Crippen LogP contribution in [0.2, 0.25) is 0 Å². The van der Waals surface area contributed by atoms with Crippen molar-refractivity contribution in [2.45, 2.75) is 64.1 Å². The van der Waals surface area contributed by atoms with Crippen LogP contribution in [0.25, 0.3) is 0 Å². The number of nitrogens with one attached hydrogen (secondary N) is 1. The van der Waals surface area contributed by atoms with Gasteiger partial charge in [0.25, 0.3) is 0 Å². The molecule has 3 heterocycles. The molecule has 2 fully saturated rings. The third-order valence-corrected chi connectivity index (χ3v) is 5.80. The predicted molar refractivity (Wildman–Crippen MR) is 100 cm³/mol. The smallest absolute Gasteiger partial charge is 0.414 e. The van der Waals surface area contributed by atoms with E-state index in [0.717, 1.165) is 56.3 Å².